The fourth-order valence-electron chi connectivity index (χ4n) is 8.08. The molecule has 6 rings (SSSR count). The second kappa shape index (κ2) is 17.8. The molecule has 54 heavy (non-hydrogen) atoms. The molecule has 1 aliphatic heterocycles. The maximum atomic E-state index is 14.2. The zero-order valence-electron chi connectivity index (χ0n) is 31.9. The number of fused-ring (bicyclic) bond motifs is 1. The Morgan fingerprint density at radius 3 is 1.93 bits per heavy atom. The molecular weight excluding hydrogens is 691 g/mol. The van der Waals surface area contributed by atoms with Gasteiger partial charge in [0.05, 0.1) is 17.1 Å². The number of hydroxylamine groups is 2. The Kier molecular flexibility index (Phi) is 12.9. The van der Waals surface area contributed by atoms with Crippen molar-refractivity contribution in [2.24, 2.45) is 0 Å². The van der Waals surface area contributed by atoms with Gasteiger partial charge >= 0.3 is 0 Å². The fourth-order valence-corrected chi connectivity index (χ4v) is 8.76. The average Bonchev–Trinajstić information content (AvgIpc) is 3.20. The SMILES string of the molecule is COCCC[C@H]1CN(C(=O)c2cccc3ccccc23)CCN1CC(C(S)C(c1ccccc1)(c1ccccc1)c1ccccc1)N(C=O)OC(C)(C)C. The Bertz CT molecular complexity index is 1850. The van der Waals surface area contributed by atoms with E-state index in [9.17, 15) is 9.59 Å². The largest absolute Gasteiger partial charge is 0.385 e. The van der Waals surface area contributed by atoms with E-state index in [-0.39, 0.29) is 11.9 Å². The second-order valence-electron chi connectivity index (χ2n) is 15.1. The van der Waals surface area contributed by atoms with Gasteiger partial charge in [-0.1, -0.05) is 127 Å². The first-order valence-electron chi connectivity index (χ1n) is 18.9. The minimum atomic E-state index is -0.780. The molecule has 1 saturated heterocycles. The van der Waals surface area contributed by atoms with Gasteiger partial charge in [0.1, 0.15) is 0 Å². The van der Waals surface area contributed by atoms with E-state index in [0.717, 1.165) is 52.3 Å². The molecule has 7 nitrogen and oxygen atoms in total. The summed E-state index contributed by atoms with van der Waals surface area (Å²) >= 11 is 5.64. The molecule has 1 heterocycles. The van der Waals surface area contributed by atoms with Gasteiger partial charge in [-0.2, -0.15) is 12.6 Å². The van der Waals surface area contributed by atoms with Crippen molar-refractivity contribution < 1.29 is 19.2 Å². The van der Waals surface area contributed by atoms with Crippen molar-refractivity contribution in [1.82, 2.24) is 14.9 Å². The Morgan fingerprint density at radius 2 is 1.37 bits per heavy atom. The van der Waals surface area contributed by atoms with Gasteiger partial charge < -0.3 is 9.64 Å². The Labute approximate surface area is 326 Å². The molecule has 0 N–H and O–H groups in total. The summed E-state index contributed by atoms with van der Waals surface area (Å²) < 4.78 is 5.50. The number of piperazine rings is 1. The third kappa shape index (κ3) is 8.58. The van der Waals surface area contributed by atoms with E-state index < -0.39 is 22.3 Å². The maximum absolute atomic E-state index is 14.2. The zero-order valence-corrected chi connectivity index (χ0v) is 32.8. The molecule has 5 aromatic carbocycles. The minimum Gasteiger partial charge on any atom is -0.385 e. The van der Waals surface area contributed by atoms with Crippen molar-refractivity contribution in [1.29, 1.82) is 0 Å². The summed E-state index contributed by atoms with van der Waals surface area (Å²) in [7, 11) is 1.72. The van der Waals surface area contributed by atoms with Crippen LogP contribution in [0.2, 0.25) is 0 Å². The van der Waals surface area contributed by atoms with Crippen molar-refractivity contribution in [2.45, 2.75) is 62.0 Å². The monoisotopic (exact) mass is 743 g/mol. The molecule has 282 valence electrons. The topological polar surface area (TPSA) is 62.3 Å². The molecule has 2 unspecified atom stereocenters. The molecule has 3 atom stereocenters. The molecule has 8 heteroatoms. The van der Waals surface area contributed by atoms with Crippen LogP contribution in [-0.2, 0) is 19.8 Å². The van der Waals surface area contributed by atoms with Gasteiger partial charge in [0.15, 0.2) is 0 Å². The summed E-state index contributed by atoms with van der Waals surface area (Å²) in [5, 5.41) is 3.03. The number of carbonyl (C=O) groups excluding carboxylic acids is 2. The molecular formula is C46H53N3O4S. The van der Waals surface area contributed by atoms with E-state index in [4.69, 9.17) is 22.2 Å². The number of hydrogen-bond acceptors (Lipinski definition) is 6. The van der Waals surface area contributed by atoms with E-state index >= 15 is 0 Å². The van der Waals surface area contributed by atoms with Crippen LogP contribution in [0.15, 0.2) is 133 Å². The lowest BCUT2D eigenvalue weighted by Crippen LogP contribution is -2.62. The van der Waals surface area contributed by atoms with Crippen LogP contribution < -0.4 is 0 Å². The van der Waals surface area contributed by atoms with Gasteiger partial charge in [-0.15, -0.1) is 0 Å². The van der Waals surface area contributed by atoms with E-state index in [0.29, 0.717) is 32.8 Å². The number of amides is 2. The number of hydrogen-bond donors (Lipinski definition) is 1. The number of ether oxygens (including phenoxy) is 1. The molecule has 2 amide bonds. The summed E-state index contributed by atoms with van der Waals surface area (Å²) in [4.78, 5) is 38.5. The van der Waals surface area contributed by atoms with Gasteiger partial charge in [0.2, 0.25) is 6.41 Å². The summed E-state index contributed by atoms with van der Waals surface area (Å²) in [6.45, 7) is 8.70. The van der Waals surface area contributed by atoms with E-state index in [1.54, 1.807) is 7.11 Å². The third-order valence-corrected chi connectivity index (χ3v) is 11.3. The Morgan fingerprint density at radius 1 is 0.815 bits per heavy atom. The van der Waals surface area contributed by atoms with Crippen LogP contribution in [0.4, 0.5) is 0 Å². The van der Waals surface area contributed by atoms with Crippen molar-refractivity contribution in [3.8, 4) is 0 Å². The third-order valence-electron chi connectivity index (χ3n) is 10.5. The number of carbonyl (C=O) groups is 2. The number of benzene rings is 5. The summed E-state index contributed by atoms with van der Waals surface area (Å²) in [6, 6.07) is 44.9. The fraction of sp³-hybridized carbons (Fsp3) is 0.348. The van der Waals surface area contributed by atoms with Gasteiger partial charge in [0.25, 0.3) is 5.91 Å². The Balaban J connectivity index is 1.42. The van der Waals surface area contributed by atoms with Crippen LogP contribution >= 0.6 is 12.6 Å². The molecule has 1 aliphatic rings. The predicted octanol–water partition coefficient (Wildman–Crippen LogP) is 8.28. The predicted molar refractivity (Wildman–Crippen MR) is 221 cm³/mol. The van der Waals surface area contributed by atoms with Crippen molar-refractivity contribution >= 4 is 35.7 Å². The molecule has 0 bridgehead atoms. The Hall–Kier alpha value is -4.47. The molecule has 0 saturated carbocycles. The van der Waals surface area contributed by atoms with Crippen molar-refractivity contribution in [2.75, 3.05) is 39.9 Å². The van der Waals surface area contributed by atoms with E-state index in [2.05, 4.69) is 77.7 Å². The molecule has 0 radical (unpaired) electrons. The lowest BCUT2D eigenvalue weighted by Gasteiger charge is -2.49. The number of methoxy groups -OCH3 is 1. The van der Waals surface area contributed by atoms with Crippen molar-refractivity contribution in [3.63, 3.8) is 0 Å². The number of thiol groups is 1. The normalized spacial score (nSPS) is 16.5. The quantitative estimate of drug-likeness (QED) is 0.0385. The van der Waals surface area contributed by atoms with Crippen LogP contribution in [-0.4, -0.2) is 90.0 Å². The van der Waals surface area contributed by atoms with Crippen molar-refractivity contribution in [3.05, 3.63) is 156 Å². The van der Waals surface area contributed by atoms with E-state index in [1.165, 1.54) is 5.06 Å². The highest BCUT2D eigenvalue weighted by atomic mass is 32.1. The van der Waals surface area contributed by atoms with Gasteiger partial charge in [-0.3, -0.25) is 19.3 Å². The minimum absolute atomic E-state index is 0.0126. The maximum Gasteiger partial charge on any atom is 0.254 e. The van der Waals surface area contributed by atoms with Crippen LogP contribution in [0.1, 0.15) is 60.7 Å². The first-order chi connectivity index (χ1) is 26.2. The number of rotatable bonds is 15. The van der Waals surface area contributed by atoms with Gasteiger partial charge in [-0.05, 0) is 67.1 Å². The lowest BCUT2D eigenvalue weighted by molar-refractivity contribution is -0.235. The molecule has 1 fully saturated rings. The highest BCUT2D eigenvalue weighted by Crippen LogP contribution is 2.46. The van der Waals surface area contributed by atoms with Crippen LogP contribution in [0.25, 0.3) is 10.8 Å². The van der Waals surface area contributed by atoms with Gasteiger partial charge in [0, 0.05) is 56.8 Å². The molecule has 0 aromatic heterocycles. The lowest BCUT2D eigenvalue weighted by atomic mass is 9.65. The van der Waals surface area contributed by atoms with Crippen LogP contribution in [0.5, 0.6) is 0 Å². The highest BCUT2D eigenvalue weighted by Gasteiger charge is 2.49. The highest BCUT2D eigenvalue weighted by molar-refractivity contribution is 7.81. The second-order valence-corrected chi connectivity index (χ2v) is 15.7. The first-order valence-corrected chi connectivity index (χ1v) is 19.5. The summed E-state index contributed by atoms with van der Waals surface area (Å²) in [6.07, 6.45) is 2.46. The van der Waals surface area contributed by atoms with Gasteiger partial charge in [-0.25, -0.2) is 5.06 Å². The molecule has 0 aliphatic carbocycles. The number of nitrogens with zero attached hydrogens (tertiary/aromatic N) is 3. The van der Waals surface area contributed by atoms with Crippen LogP contribution in [0.3, 0.4) is 0 Å². The molecule has 5 aromatic rings. The van der Waals surface area contributed by atoms with Crippen LogP contribution in [0, 0.1) is 0 Å². The molecule has 0 spiro atoms. The zero-order chi connectivity index (χ0) is 38.1. The summed E-state index contributed by atoms with van der Waals surface area (Å²) in [5.74, 6) is 0.0358. The average molecular weight is 744 g/mol. The smallest absolute Gasteiger partial charge is 0.254 e. The summed E-state index contributed by atoms with van der Waals surface area (Å²) in [5.41, 5.74) is 2.49. The van der Waals surface area contributed by atoms with E-state index in [1.807, 2.05) is 86.3 Å². The first kappa shape index (κ1) is 39.2. The standard InChI is InChI=1S/C46H53N3O4S/c1-45(2,3)53-49(34-50)42(43(54)46(36-20-8-5-9-21-36,37-22-10-6-11-23-37)38-24-12-7-13-25-38)33-47-29-30-48(32-39(47)26-17-31-52-4)44(51)41-28-16-19-35-18-14-15-27-40(35)41/h5-16,18-25,27-28,34,39,42-43,54H,17,26,29-33H2,1-4H3/t39-,42?,43?/m0/s1.